The minimum atomic E-state index is -0.574. The summed E-state index contributed by atoms with van der Waals surface area (Å²) in [7, 11) is 1.51. The first kappa shape index (κ1) is 21.6. The van der Waals surface area contributed by atoms with Crippen molar-refractivity contribution in [3.05, 3.63) is 27.7 Å². The Morgan fingerprint density at radius 3 is 2.22 bits per heavy atom. The number of hydrogen-bond donors (Lipinski definition) is 1. The maximum Gasteiger partial charge on any atom is 0.410 e. The van der Waals surface area contributed by atoms with Crippen LogP contribution in [0.15, 0.2) is 12.1 Å². The van der Waals surface area contributed by atoms with Crippen LogP contribution in [0.2, 0.25) is 10.0 Å². The Bertz CT molecular complexity index is 710. The second-order valence-corrected chi connectivity index (χ2v) is 8.51. The number of benzene rings is 1. The number of likely N-dealkylation sites (tertiary alicyclic amines) is 1. The van der Waals surface area contributed by atoms with Crippen LogP contribution < -0.4 is 10.5 Å². The van der Waals surface area contributed by atoms with E-state index in [4.69, 9.17) is 38.4 Å². The standard InChI is InChI=1S/C19H26Cl2N2O4/c1-19(2,3)27-18(25)23-7-5-11(6-8-23)16(17(22)24)12-9-13(20)14(21)10-15(12)26-4/h9-11,16H,5-8H2,1-4H3,(H2,22,24). The molecular weight excluding hydrogens is 391 g/mol. The molecular formula is C19H26Cl2N2O4. The van der Waals surface area contributed by atoms with Crippen molar-refractivity contribution in [1.82, 2.24) is 4.90 Å². The average molecular weight is 417 g/mol. The second kappa shape index (κ2) is 8.57. The van der Waals surface area contributed by atoms with E-state index in [1.54, 1.807) is 17.0 Å². The Morgan fingerprint density at radius 1 is 1.19 bits per heavy atom. The van der Waals surface area contributed by atoms with Crippen molar-refractivity contribution in [2.24, 2.45) is 11.7 Å². The van der Waals surface area contributed by atoms with E-state index >= 15 is 0 Å². The van der Waals surface area contributed by atoms with Crippen LogP contribution in [0.25, 0.3) is 0 Å². The number of ether oxygens (including phenoxy) is 2. The van der Waals surface area contributed by atoms with Gasteiger partial charge in [0.15, 0.2) is 0 Å². The quantitative estimate of drug-likeness (QED) is 0.796. The zero-order valence-electron chi connectivity index (χ0n) is 16.1. The van der Waals surface area contributed by atoms with Crippen LogP contribution >= 0.6 is 23.2 Å². The van der Waals surface area contributed by atoms with Crippen molar-refractivity contribution >= 4 is 35.2 Å². The van der Waals surface area contributed by atoms with Gasteiger partial charge in [0.1, 0.15) is 11.4 Å². The number of halogens is 2. The van der Waals surface area contributed by atoms with Crippen LogP contribution in [-0.4, -0.2) is 42.7 Å². The molecule has 1 saturated heterocycles. The van der Waals surface area contributed by atoms with Gasteiger partial charge < -0.3 is 20.1 Å². The third-order valence-corrected chi connectivity index (χ3v) is 5.30. The molecule has 0 radical (unpaired) electrons. The number of piperidine rings is 1. The molecule has 1 heterocycles. The van der Waals surface area contributed by atoms with E-state index in [2.05, 4.69) is 0 Å². The van der Waals surface area contributed by atoms with Crippen molar-refractivity contribution in [1.29, 1.82) is 0 Å². The largest absolute Gasteiger partial charge is 0.496 e. The highest BCUT2D eigenvalue weighted by Crippen LogP contribution is 2.40. The third-order valence-electron chi connectivity index (χ3n) is 4.58. The van der Waals surface area contributed by atoms with E-state index in [0.29, 0.717) is 47.3 Å². The van der Waals surface area contributed by atoms with E-state index in [0.717, 1.165) is 0 Å². The summed E-state index contributed by atoms with van der Waals surface area (Å²) in [5.41, 5.74) is 5.79. The number of rotatable bonds is 4. The lowest BCUT2D eigenvalue weighted by atomic mass is 9.79. The molecule has 150 valence electrons. The fourth-order valence-corrected chi connectivity index (χ4v) is 3.67. The number of primary amides is 1. The summed E-state index contributed by atoms with van der Waals surface area (Å²) < 4.78 is 10.8. The summed E-state index contributed by atoms with van der Waals surface area (Å²) in [6.07, 6.45) is 0.899. The fraction of sp³-hybridized carbons (Fsp3) is 0.579. The van der Waals surface area contributed by atoms with Crippen molar-refractivity contribution in [2.45, 2.75) is 45.1 Å². The Hall–Kier alpha value is -1.66. The lowest BCUT2D eigenvalue weighted by Gasteiger charge is -2.36. The molecule has 0 aromatic heterocycles. The van der Waals surface area contributed by atoms with Gasteiger partial charge in [-0.2, -0.15) is 0 Å². The highest BCUT2D eigenvalue weighted by molar-refractivity contribution is 6.42. The zero-order valence-corrected chi connectivity index (χ0v) is 17.6. The molecule has 0 saturated carbocycles. The Kier molecular flexibility index (Phi) is 6.87. The number of hydrogen-bond acceptors (Lipinski definition) is 4. The molecule has 2 amide bonds. The van der Waals surface area contributed by atoms with E-state index < -0.39 is 17.4 Å². The molecule has 1 aliphatic heterocycles. The van der Waals surface area contributed by atoms with Gasteiger partial charge >= 0.3 is 6.09 Å². The molecule has 8 heteroatoms. The summed E-state index contributed by atoms with van der Waals surface area (Å²) in [5, 5.41) is 0.685. The first-order chi connectivity index (χ1) is 12.5. The number of carbonyl (C=O) groups is 2. The highest BCUT2D eigenvalue weighted by Gasteiger charge is 2.35. The summed E-state index contributed by atoms with van der Waals surface area (Å²) >= 11 is 12.2. The third kappa shape index (κ3) is 5.42. The number of amides is 2. The molecule has 27 heavy (non-hydrogen) atoms. The number of nitrogens with two attached hydrogens (primary N) is 1. The first-order valence-corrected chi connectivity index (χ1v) is 9.59. The van der Waals surface area contributed by atoms with Gasteiger partial charge in [0.2, 0.25) is 5.91 Å². The van der Waals surface area contributed by atoms with Gasteiger partial charge in [-0.15, -0.1) is 0 Å². The summed E-state index contributed by atoms with van der Waals surface area (Å²) in [6, 6.07) is 3.23. The van der Waals surface area contributed by atoms with Crippen molar-refractivity contribution < 1.29 is 19.1 Å². The molecule has 1 aromatic carbocycles. The first-order valence-electron chi connectivity index (χ1n) is 8.83. The molecule has 1 aromatic rings. The molecule has 0 bridgehead atoms. The maximum atomic E-state index is 12.3. The highest BCUT2D eigenvalue weighted by atomic mass is 35.5. The van der Waals surface area contributed by atoms with E-state index in [1.165, 1.54) is 7.11 Å². The predicted molar refractivity (Wildman–Crippen MR) is 105 cm³/mol. The van der Waals surface area contributed by atoms with Crippen LogP contribution in [0.1, 0.15) is 45.1 Å². The molecule has 0 spiro atoms. The van der Waals surface area contributed by atoms with Gasteiger partial charge in [-0.05, 0) is 45.6 Å². The zero-order chi connectivity index (χ0) is 20.4. The Balaban J connectivity index is 2.18. The lowest BCUT2D eigenvalue weighted by molar-refractivity contribution is -0.121. The normalized spacial score (nSPS) is 16.7. The van der Waals surface area contributed by atoms with Gasteiger partial charge in [0.25, 0.3) is 0 Å². The topological polar surface area (TPSA) is 81.9 Å². The fourth-order valence-electron chi connectivity index (χ4n) is 3.35. The van der Waals surface area contributed by atoms with Crippen LogP contribution in [0.4, 0.5) is 4.79 Å². The molecule has 2 N–H and O–H groups in total. The average Bonchev–Trinajstić information content (AvgIpc) is 2.56. The van der Waals surface area contributed by atoms with Crippen molar-refractivity contribution in [2.75, 3.05) is 20.2 Å². The van der Waals surface area contributed by atoms with Gasteiger partial charge in [0, 0.05) is 24.7 Å². The van der Waals surface area contributed by atoms with Crippen LogP contribution in [0.3, 0.4) is 0 Å². The molecule has 6 nitrogen and oxygen atoms in total. The van der Waals surface area contributed by atoms with Gasteiger partial charge in [0.05, 0.1) is 23.1 Å². The van der Waals surface area contributed by atoms with Crippen molar-refractivity contribution in [3.8, 4) is 5.75 Å². The molecule has 1 fully saturated rings. The Labute approximate surface area is 169 Å². The monoisotopic (exact) mass is 416 g/mol. The molecule has 1 aliphatic rings. The van der Waals surface area contributed by atoms with Gasteiger partial charge in [-0.25, -0.2) is 4.79 Å². The SMILES string of the molecule is COc1cc(Cl)c(Cl)cc1C(C(N)=O)C1CCN(C(=O)OC(C)(C)C)CC1. The summed E-state index contributed by atoms with van der Waals surface area (Å²) in [5.74, 6) is -0.590. The number of methoxy groups -OCH3 is 1. The van der Waals surface area contributed by atoms with Crippen LogP contribution in [-0.2, 0) is 9.53 Å². The van der Waals surface area contributed by atoms with Gasteiger partial charge in [-0.3, -0.25) is 4.79 Å². The maximum absolute atomic E-state index is 12.3. The minimum absolute atomic E-state index is 0.0349. The molecule has 2 rings (SSSR count). The van der Waals surface area contributed by atoms with E-state index in [9.17, 15) is 9.59 Å². The van der Waals surface area contributed by atoms with Crippen molar-refractivity contribution in [3.63, 3.8) is 0 Å². The molecule has 1 unspecified atom stereocenters. The Morgan fingerprint density at radius 2 is 1.74 bits per heavy atom. The van der Waals surface area contributed by atoms with E-state index in [-0.39, 0.29) is 12.0 Å². The molecule has 0 aliphatic carbocycles. The lowest BCUT2D eigenvalue weighted by Crippen LogP contribution is -2.43. The molecule has 1 atom stereocenters. The van der Waals surface area contributed by atoms with E-state index in [1.807, 2.05) is 20.8 Å². The summed E-state index contributed by atoms with van der Waals surface area (Å²) in [4.78, 5) is 26.1. The summed E-state index contributed by atoms with van der Waals surface area (Å²) in [6.45, 7) is 6.48. The predicted octanol–water partition coefficient (Wildman–Crippen LogP) is 4.22. The van der Waals surface area contributed by atoms with Gasteiger partial charge in [-0.1, -0.05) is 23.2 Å². The second-order valence-electron chi connectivity index (χ2n) is 7.69. The smallest absolute Gasteiger partial charge is 0.410 e. The minimum Gasteiger partial charge on any atom is -0.496 e. The van der Waals surface area contributed by atoms with Crippen LogP contribution in [0.5, 0.6) is 5.75 Å². The number of nitrogens with zero attached hydrogens (tertiary/aromatic N) is 1. The van der Waals surface area contributed by atoms with Crippen LogP contribution in [0, 0.1) is 5.92 Å². The number of carbonyl (C=O) groups excluding carboxylic acids is 2.